The molecular formula is C10H16O2. The summed E-state index contributed by atoms with van der Waals surface area (Å²) in [7, 11) is 0. The molecule has 1 aliphatic heterocycles. The van der Waals surface area contributed by atoms with Crippen molar-refractivity contribution in [3.05, 3.63) is 12.7 Å². The lowest BCUT2D eigenvalue weighted by Gasteiger charge is -2.25. The van der Waals surface area contributed by atoms with E-state index in [9.17, 15) is 4.79 Å². The van der Waals surface area contributed by atoms with E-state index in [1.165, 1.54) is 0 Å². The van der Waals surface area contributed by atoms with E-state index < -0.39 is 0 Å². The normalized spacial score (nSPS) is 29.6. The van der Waals surface area contributed by atoms with Crippen molar-refractivity contribution in [3.8, 4) is 0 Å². The predicted molar refractivity (Wildman–Crippen MR) is 47.7 cm³/mol. The van der Waals surface area contributed by atoms with Gasteiger partial charge in [0.25, 0.3) is 0 Å². The van der Waals surface area contributed by atoms with Gasteiger partial charge in [0.05, 0.1) is 5.92 Å². The van der Waals surface area contributed by atoms with Crippen LogP contribution in [0.2, 0.25) is 0 Å². The fraction of sp³-hybridized carbons (Fsp3) is 0.700. The average Bonchev–Trinajstić information content (AvgIpc) is 2.09. The Morgan fingerprint density at radius 3 is 2.92 bits per heavy atom. The van der Waals surface area contributed by atoms with Crippen LogP contribution in [0.15, 0.2) is 12.7 Å². The zero-order chi connectivity index (χ0) is 8.97. The first-order valence-corrected chi connectivity index (χ1v) is 4.61. The molecule has 2 heteroatoms. The van der Waals surface area contributed by atoms with E-state index in [-0.39, 0.29) is 18.0 Å². The second-order valence-electron chi connectivity index (χ2n) is 3.27. The Morgan fingerprint density at radius 1 is 1.67 bits per heavy atom. The Hall–Kier alpha value is -0.790. The van der Waals surface area contributed by atoms with Crippen LogP contribution < -0.4 is 0 Å². The molecule has 12 heavy (non-hydrogen) atoms. The Kier molecular flexibility index (Phi) is 3.32. The average molecular weight is 168 g/mol. The monoisotopic (exact) mass is 168 g/mol. The lowest BCUT2D eigenvalue weighted by atomic mass is 9.94. The molecule has 0 amide bonds. The maximum absolute atomic E-state index is 11.3. The number of ether oxygens (including phenoxy) is 1. The lowest BCUT2D eigenvalue weighted by molar-refractivity contribution is -0.157. The Labute approximate surface area is 73.6 Å². The van der Waals surface area contributed by atoms with E-state index in [4.69, 9.17) is 4.74 Å². The quantitative estimate of drug-likeness (QED) is 0.477. The third-order valence-corrected chi connectivity index (χ3v) is 2.30. The topological polar surface area (TPSA) is 26.3 Å². The predicted octanol–water partition coefficient (Wildman–Crippen LogP) is 2.29. The van der Waals surface area contributed by atoms with Crippen LogP contribution in [0.5, 0.6) is 0 Å². The van der Waals surface area contributed by atoms with Crippen LogP contribution >= 0.6 is 0 Å². The molecule has 0 aromatic heterocycles. The van der Waals surface area contributed by atoms with E-state index in [2.05, 4.69) is 13.5 Å². The molecule has 0 aromatic rings. The van der Waals surface area contributed by atoms with Gasteiger partial charge >= 0.3 is 5.97 Å². The Morgan fingerprint density at radius 2 is 2.42 bits per heavy atom. The van der Waals surface area contributed by atoms with Crippen molar-refractivity contribution >= 4 is 5.97 Å². The minimum absolute atomic E-state index is 0.0343. The molecule has 0 radical (unpaired) electrons. The van der Waals surface area contributed by atoms with Gasteiger partial charge in [0.15, 0.2) is 0 Å². The zero-order valence-electron chi connectivity index (χ0n) is 7.58. The highest BCUT2D eigenvalue weighted by Crippen LogP contribution is 2.24. The third kappa shape index (κ3) is 2.10. The molecule has 0 aliphatic carbocycles. The van der Waals surface area contributed by atoms with Crippen LogP contribution in [0, 0.1) is 5.92 Å². The first kappa shape index (κ1) is 9.30. The van der Waals surface area contributed by atoms with Gasteiger partial charge in [-0.3, -0.25) is 4.79 Å². The first-order valence-electron chi connectivity index (χ1n) is 4.61. The maximum atomic E-state index is 11.3. The Balaban J connectivity index is 2.42. The molecule has 1 heterocycles. The number of rotatable bonds is 3. The molecule has 1 aliphatic rings. The van der Waals surface area contributed by atoms with E-state index in [1.807, 2.05) is 0 Å². The van der Waals surface area contributed by atoms with Crippen LogP contribution in [0.1, 0.15) is 32.6 Å². The van der Waals surface area contributed by atoms with Gasteiger partial charge in [-0.1, -0.05) is 26.0 Å². The van der Waals surface area contributed by atoms with Crippen LogP contribution in [0.25, 0.3) is 0 Å². The number of esters is 1. The fourth-order valence-electron chi connectivity index (χ4n) is 1.56. The summed E-state index contributed by atoms with van der Waals surface area (Å²) < 4.78 is 5.14. The van der Waals surface area contributed by atoms with Gasteiger partial charge in [-0.05, 0) is 19.3 Å². The molecule has 2 atom stereocenters. The summed E-state index contributed by atoms with van der Waals surface area (Å²) in [5.41, 5.74) is 0. The summed E-state index contributed by atoms with van der Waals surface area (Å²) in [6, 6.07) is 0. The van der Waals surface area contributed by atoms with Crippen molar-refractivity contribution in [3.63, 3.8) is 0 Å². The molecule has 0 spiro atoms. The van der Waals surface area contributed by atoms with Crippen LogP contribution in [0.4, 0.5) is 0 Å². The highest BCUT2D eigenvalue weighted by Gasteiger charge is 2.27. The minimum atomic E-state index is -0.0365. The Bertz CT molecular complexity index is 175. The highest BCUT2D eigenvalue weighted by molar-refractivity contribution is 5.73. The fourth-order valence-corrected chi connectivity index (χ4v) is 1.56. The van der Waals surface area contributed by atoms with Crippen LogP contribution in [-0.2, 0) is 9.53 Å². The van der Waals surface area contributed by atoms with Gasteiger partial charge in [0.2, 0.25) is 0 Å². The van der Waals surface area contributed by atoms with E-state index in [1.54, 1.807) is 6.08 Å². The molecule has 1 saturated heterocycles. The van der Waals surface area contributed by atoms with Crippen molar-refractivity contribution in [1.29, 1.82) is 0 Å². The van der Waals surface area contributed by atoms with Crippen molar-refractivity contribution in [2.45, 2.75) is 38.7 Å². The molecule has 0 bridgehead atoms. The number of hydrogen-bond donors (Lipinski definition) is 0. The van der Waals surface area contributed by atoms with Crippen molar-refractivity contribution < 1.29 is 9.53 Å². The van der Waals surface area contributed by atoms with Gasteiger partial charge in [0.1, 0.15) is 6.10 Å². The van der Waals surface area contributed by atoms with Gasteiger partial charge in [-0.25, -0.2) is 0 Å². The van der Waals surface area contributed by atoms with E-state index in [0.29, 0.717) is 0 Å². The lowest BCUT2D eigenvalue weighted by Crippen LogP contribution is -2.29. The molecule has 2 nitrogen and oxygen atoms in total. The molecule has 68 valence electrons. The highest BCUT2D eigenvalue weighted by atomic mass is 16.5. The minimum Gasteiger partial charge on any atom is -0.458 e. The SMILES string of the molecule is C=CC1CCC(CCC)C(=O)O1. The van der Waals surface area contributed by atoms with Crippen molar-refractivity contribution in [2.24, 2.45) is 5.92 Å². The third-order valence-electron chi connectivity index (χ3n) is 2.30. The first-order chi connectivity index (χ1) is 5.77. The number of cyclic esters (lactones) is 1. The molecule has 0 aromatic carbocycles. The van der Waals surface area contributed by atoms with Crippen molar-refractivity contribution in [2.75, 3.05) is 0 Å². The molecule has 1 fully saturated rings. The molecule has 0 saturated carbocycles. The number of carbonyl (C=O) groups is 1. The summed E-state index contributed by atoms with van der Waals surface area (Å²) in [4.78, 5) is 11.3. The van der Waals surface area contributed by atoms with Gasteiger partial charge in [-0.15, -0.1) is 0 Å². The molecule has 0 N–H and O–H groups in total. The van der Waals surface area contributed by atoms with Crippen LogP contribution in [0.3, 0.4) is 0 Å². The maximum Gasteiger partial charge on any atom is 0.309 e. The molecular weight excluding hydrogens is 152 g/mol. The standard InChI is InChI=1S/C10H16O2/c1-3-5-8-6-7-9(4-2)12-10(8)11/h4,8-9H,2-3,5-7H2,1H3. The van der Waals surface area contributed by atoms with E-state index in [0.717, 1.165) is 25.7 Å². The summed E-state index contributed by atoms with van der Waals surface area (Å²) in [5.74, 6) is 0.110. The van der Waals surface area contributed by atoms with Gasteiger partial charge in [-0.2, -0.15) is 0 Å². The molecule has 1 rings (SSSR count). The smallest absolute Gasteiger partial charge is 0.309 e. The van der Waals surface area contributed by atoms with Gasteiger partial charge in [0, 0.05) is 0 Å². The summed E-state index contributed by atoms with van der Waals surface area (Å²) in [5, 5.41) is 0. The number of carbonyl (C=O) groups excluding carboxylic acids is 1. The summed E-state index contributed by atoms with van der Waals surface area (Å²) in [6.07, 6.45) is 5.59. The van der Waals surface area contributed by atoms with Gasteiger partial charge < -0.3 is 4.74 Å². The van der Waals surface area contributed by atoms with Crippen molar-refractivity contribution in [1.82, 2.24) is 0 Å². The second-order valence-corrected chi connectivity index (χ2v) is 3.27. The second kappa shape index (κ2) is 4.29. The summed E-state index contributed by atoms with van der Waals surface area (Å²) >= 11 is 0. The van der Waals surface area contributed by atoms with Crippen LogP contribution in [-0.4, -0.2) is 12.1 Å². The zero-order valence-corrected chi connectivity index (χ0v) is 7.58. The molecule has 2 unspecified atom stereocenters. The van der Waals surface area contributed by atoms with E-state index >= 15 is 0 Å². The summed E-state index contributed by atoms with van der Waals surface area (Å²) in [6.45, 7) is 5.70. The largest absolute Gasteiger partial charge is 0.458 e. The number of hydrogen-bond acceptors (Lipinski definition) is 2.